The maximum Gasteiger partial charge on any atom is 0.119 e. The van der Waals surface area contributed by atoms with Crippen LogP contribution in [0.15, 0.2) is 42.5 Å². The van der Waals surface area contributed by atoms with Gasteiger partial charge in [0.2, 0.25) is 0 Å². The summed E-state index contributed by atoms with van der Waals surface area (Å²) in [6.07, 6.45) is -5.95. The monoisotopic (exact) mass is 484 g/mol. The number of benzene rings is 2. The molecule has 2 aromatic rings. The van der Waals surface area contributed by atoms with Gasteiger partial charge in [0.15, 0.2) is 0 Å². The Bertz CT molecular complexity index is 843. The van der Waals surface area contributed by atoms with Crippen LogP contribution in [-0.4, -0.2) is 81.0 Å². The molecular weight excluding hydrogens is 452 g/mol. The minimum atomic E-state index is -1.42. The highest BCUT2D eigenvalue weighted by molar-refractivity contribution is 6.31. The first-order valence-corrected chi connectivity index (χ1v) is 11.2. The molecule has 0 bridgehead atoms. The number of halogens is 1. The van der Waals surface area contributed by atoms with E-state index in [4.69, 9.17) is 31.3 Å². The fraction of sp³-hybridized carbons (Fsp3) is 0.500. The number of aliphatic hydroxyl groups is 6. The third kappa shape index (κ3) is 7.63. The molecule has 0 saturated carbocycles. The summed E-state index contributed by atoms with van der Waals surface area (Å²) < 4.78 is 11.1. The summed E-state index contributed by atoms with van der Waals surface area (Å²) in [5, 5.41) is 56.3. The average Bonchev–Trinajstić information content (AvgIpc) is 2.81. The van der Waals surface area contributed by atoms with E-state index in [9.17, 15) is 20.4 Å². The first-order valence-electron chi connectivity index (χ1n) is 10.8. The van der Waals surface area contributed by atoms with Gasteiger partial charge in [0.05, 0.1) is 25.9 Å². The zero-order valence-electron chi connectivity index (χ0n) is 18.7. The van der Waals surface area contributed by atoms with Crippen molar-refractivity contribution in [1.82, 2.24) is 0 Å². The molecule has 1 heterocycles. The molecule has 0 radical (unpaired) electrons. The van der Waals surface area contributed by atoms with Gasteiger partial charge in [-0.1, -0.05) is 35.9 Å². The predicted octanol–water partition coefficient (Wildman–Crippen LogP) is 1.20. The molecule has 0 aromatic heterocycles. The Kier molecular flexibility index (Phi) is 11.0. The summed E-state index contributed by atoms with van der Waals surface area (Å²) in [4.78, 5) is 0. The van der Waals surface area contributed by atoms with Crippen LogP contribution >= 0.6 is 11.6 Å². The smallest absolute Gasteiger partial charge is 0.119 e. The number of ether oxygens (including phenoxy) is 2. The van der Waals surface area contributed by atoms with Gasteiger partial charge in [-0.2, -0.15) is 0 Å². The predicted molar refractivity (Wildman–Crippen MR) is 123 cm³/mol. The van der Waals surface area contributed by atoms with E-state index in [0.717, 1.165) is 16.9 Å². The number of rotatable bonds is 7. The van der Waals surface area contributed by atoms with Crippen molar-refractivity contribution in [3.8, 4) is 5.75 Å². The molecule has 1 fully saturated rings. The van der Waals surface area contributed by atoms with Crippen molar-refractivity contribution in [2.45, 2.75) is 56.9 Å². The largest absolute Gasteiger partial charge is 0.494 e. The zero-order chi connectivity index (χ0) is 24.5. The summed E-state index contributed by atoms with van der Waals surface area (Å²) >= 11 is 6.35. The van der Waals surface area contributed by atoms with Gasteiger partial charge >= 0.3 is 0 Å². The van der Waals surface area contributed by atoms with Crippen molar-refractivity contribution < 1.29 is 40.1 Å². The normalized spacial score (nSPS) is 25.7. The number of hydrogen-bond acceptors (Lipinski definition) is 8. The summed E-state index contributed by atoms with van der Waals surface area (Å²) in [6, 6.07) is 12.9. The Balaban J connectivity index is 0.000000696. The Morgan fingerprint density at radius 2 is 1.64 bits per heavy atom. The molecule has 1 aliphatic rings. The zero-order valence-corrected chi connectivity index (χ0v) is 19.5. The van der Waals surface area contributed by atoms with E-state index in [2.05, 4.69) is 0 Å². The molecule has 2 aromatic carbocycles. The summed E-state index contributed by atoms with van der Waals surface area (Å²) in [7, 11) is 0. The van der Waals surface area contributed by atoms with Crippen LogP contribution in [0.1, 0.15) is 36.6 Å². The van der Waals surface area contributed by atoms with Gasteiger partial charge in [0, 0.05) is 5.02 Å². The third-order valence-corrected chi connectivity index (χ3v) is 5.55. The SMILES string of the molecule is CCOc1ccc(Cc2cc([C@@H]3O[C@H](CO)[C@@H](O)[C@H](O)[C@H]3O)ccc2Cl)cc1.C[C@H](O)CO. The molecule has 1 aliphatic heterocycles. The fourth-order valence-corrected chi connectivity index (χ4v) is 3.56. The van der Waals surface area contributed by atoms with E-state index in [1.54, 1.807) is 12.1 Å². The standard InChI is InChI=1S/C21H25ClO6.C3H8O2/c1-2-27-15-6-3-12(4-7-15)9-14-10-13(5-8-16(14)22)21-20(26)19(25)18(24)17(11-23)28-21;1-3(5)2-4/h3-8,10,17-21,23-26H,2,9,11H2,1H3;3-5H,2H2,1H3/t17-,18-,19+,20-,21+;3-/m10/s1. The van der Waals surface area contributed by atoms with Crippen molar-refractivity contribution in [1.29, 1.82) is 0 Å². The lowest BCUT2D eigenvalue weighted by Crippen LogP contribution is -2.55. The van der Waals surface area contributed by atoms with Crippen molar-refractivity contribution >= 4 is 11.6 Å². The molecule has 3 rings (SSSR count). The fourth-order valence-electron chi connectivity index (χ4n) is 3.37. The second-order valence-electron chi connectivity index (χ2n) is 7.89. The van der Waals surface area contributed by atoms with Crippen molar-refractivity contribution in [2.24, 2.45) is 0 Å². The van der Waals surface area contributed by atoms with Crippen LogP contribution in [-0.2, 0) is 11.2 Å². The van der Waals surface area contributed by atoms with Gasteiger partial charge in [-0.3, -0.25) is 0 Å². The molecule has 6 N–H and O–H groups in total. The van der Waals surface area contributed by atoms with Crippen molar-refractivity contribution in [3.63, 3.8) is 0 Å². The molecule has 0 unspecified atom stereocenters. The molecule has 0 amide bonds. The van der Waals surface area contributed by atoms with Crippen molar-refractivity contribution in [3.05, 3.63) is 64.2 Å². The lowest BCUT2D eigenvalue weighted by Gasteiger charge is -2.40. The molecule has 33 heavy (non-hydrogen) atoms. The maximum atomic E-state index is 10.3. The Morgan fingerprint density at radius 3 is 2.18 bits per heavy atom. The van der Waals surface area contributed by atoms with E-state index >= 15 is 0 Å². The third-order valence-electron chi connectivity index (χ3n) is 5.18. The van der Waals surface area contributed by atoms with Crippen LogP contribution in [0.5, 0.6) is 5.75 Å². The second-order valence-corrected chi connectivity index (χ2v) is 8.29. The molecule has 6 atom stereocenters. The van der Waals surface area contributed by atoms with Gasteiger partial charge in [-0.25, -0.2) is 0 Å². The van der Waals surface area contributed by atoms with Gasteiger partial charge in [-0.05, 0) is 55.2 Å². The lowest BCUT2D eigenvalue weighted by molar-refractivity contribution is -0.231. The lowest BCUT2D eigenvalue weighted by atomic mass is 9.90. The summed E-state index contributed by atoms with van der Waals surface area (Å²) in [6.45, 7) is 3.46. The molecule has 8 nitrogen and oxygen atoms in total. The van der Waals surface area contributed by atoms with E-state index in [-0.39, 0.29) is 6.61 Å². The molecule has 9 heteroatoms. The van der Waals surface area contributed by atoms with Gasteiger partial charge in [0.1, 0.15) is 36.3 Å². The minimum Gasteiger partial charge on any atom is -0.494 e. The topological polar surface area (TPSA) is 140 Å². The maximum absolute atomic E-state index is 10.3. The molecular formula is C24H33ClO8. The molecule has 0 aliphatic carbocycles. The van der Waals surface area contributed by atoms with E-state index < -0.39 is 43.2 Å². The first kappa shape index (κ1) is 27.5. The van der Waals surface area contributed by atoms with Crippen LogP contribution in [0.4, 0.5) is 0 Å². The number of aliphatic hydroxyl groups excluding tert-OH is 6. The first-order chi connectivity index (χ1) is 15.7. The van der Waals surface area contributed by atoms with Gasteiger partial charge in [-0.15, -0.1) is 0 Å². The van der Waals surface area contributed by atoms with Gasteiger partial charge < -0.3 is 40.1 Å². The van der Waals surface area contributed by atoms with Crippen LogP contribution in [0.2, 0.25) is 5.02 Å². The Hall–Kier alpha value is -1.75. The molecule has 184 valence electrons. The minimum absolute atomic E-state index is 0.139. The highest BCUT2D eigenvalue weighted by Gasteiger charge is 2.44. The van der Waals surface area contributed by atoms with Crippen LogP contribution in [0, 0.1) is 0 Å². The van der Waals surface area contributed by atoms with Gasteiger partial charge in [0.25, 0.3) is 0 Å². The number of hydrogen-bond donors (Lipinski definition) is 6. The van der Waals surface area contributed by atoms with E-state index in [0.29, 0.717) is 23.6 Å². The van der Waals surface area contributed by atoms with E-state index in [1.807, 2.05) is 37.3 Å². The van der Waals surface area contributed by atoms with Crippen LogP contribution in [0.25, 0.3) is 0 Å². The quantitative estimate of drug-likeness (QED) is 0.344. The second kappa shape index (κ2) is 13.2. The molecule has 1 saturated heterocycles. The summed E-state index contributed by atoms with van der Waals surface area (Å²) in [5.74, 6) is 0.799. The average molecular weight is 485 g/mol. The van der Waals surface area contributed by atoms with Crippen LogP contribution in [0.3, 0.4) is 0 Å². The highest BCUT2D eigenvalue weighted by Crippen LogP contribution is 2.34. The van der Waals surface area contributed by atoms with Crippen molar-refractivity contribution in [2.75, 3.05) is 19.8 Å². The van der Waals surface area contributed by atoms with Crippen LogP contribution < -0.4 is 4.74 Å². The molecule has 0 spiro atoms. The van der Waals surface area contributed by atoms with E-state index in [1.165, 1.54) is 6.92 Å². The Morgan fingerprint density at radius 1 is 1.00 bits per heavy atom. The summed E-state index contributed by atoms with van der Waals surface area (Å²) in [5.41, 5.74) is 2.49. The highest BCUT2D eigenvalue weighted by atomic mass is 35.5. The Labute approximate surface area is 198 Å².